The number of hydrogen-bond donors (Lipinski definition) is 1. The van der Waals surface area contributed by atoms with E-state index in [2.05, 4.69) is 42.2 Å². The highest BCUT2D eigenvalue weighted by Crippen LogP contribution is 2.33. The molecule has 0 bridgehead atoms. The first kappa shape index (κ1) is 9.28. The fraction of sp³-hybridized carbons (Fsp3) is 0.143. The van der Waals surface area contributed by atoms with E-state index in [0.29, 0.717) is 0 Å². The van der Waals surface area contributed by atoms with Crippen LogP contribution in [0.2, 0.25) is 0 Å². The third-order valence-corrected chi connectivity index (χ3v) is 2.95. The van der Waals surface area contributed by atoms with Crippen molar-refractivity contribution < 1.29 is 4.74 Å². The van der Waals surface area contributed by atoms with Gasteiger partial charge in [-0.25, -0.2) is 0 Å². The van der Waals surface area contributed by atoms with E-state index >= 15 is 0 Å². The molecular formula is C14H13NO. The summed E-state index contributed by atoms with van der Waals surface area (Å²) in [6.07, 6.45) is 0. The number of fused-ring (bicyclic) bond motifs is 3. The highest BCUT2D eigenvalue weighted by Gasteiger charge is 2.07. The maximum absolute atomic E-state index is 5.43. The van der Waals surface area contributed by atoms with Crippen LogP contribution in [-0.4, -0.2) is 12.1 Å². The Kier molecular flexibility index (Phi) is 1.90. The maximum atomic E-state index is 5.43. The molecule has 0 aliphatic heterocycles. The van der Waals surface area contributed by atoms with Gasteiger partial charge in [0.1, 0.15) is 5.75 Å². The van der Waals surface area contributed by atoms with Gasteiger partial charge in [0.2, 0.25) is 0 Å². The predicted octanol–water partition coefficient (Wildman–Crippen LogP) is 3.64. The van der Waals surface area contributed by atoms with E-state index in [1.165, 1.54) is 22.0 Å². The largest absolute Gasteiger partial charge is 0.496 e. The van der Waals surface area contributed by atoms with Crippen molar-refractivity contribution in [3.8, 4) is 5.75 Å². The molecule has 0 unspecified atom stereocenters. The van der Waals surface area contributed by atoms with Crippen LogP contribution in [0, 0.1) is 6.92 Å². The van der Waals surface area contributed by atoms with E-state index in [1.807, 2.05) is 6.07 Å². The molecule has 3 aromatic rings. The number of methoxy groups -OCH3 is 1. The van der Waals surface area contributed by atoms with Gasteiger partial charge in [0, 0.05) is 21.9 Å². The van der Waals surface area contributed by atoms with E-state index in [4.69, 9.17) is 4.74 Å². The molecule has 0 radical (unpaired) electrons. The first-order valence-corrected chi connectivity index (χ1v) is 5.34. The molecule has 0 fully saturated rings. The number of hydrogen-bond acceptors (Lipinski definition) is 1. The smallest absolute Gasteiger partial charge is 0.127 e. The Hall–Kier alpha value is -1.96. The van der Waals surface area contributed by atoms with Crippen molar-refractivity contribution in [2.45, 2.75) is 6.92 Å². The Bertz CT molecular complexity index is 667. The zero-order valence-electron chi connectivity index (χ0n) is 9.37. The van der Waals surface area contributed by atoms with E-state index in [9.17, 15) is 0 Å². The van der Waals surface area contributed by atoms with Gasteiger partial charge in [0.05, 0.1) is 12.6 Å². The number of ether oxygens (including phenoxy) is 1. The highest BCUT2D eigenvalue weighted by molar-refractivity contribution is 6.08. The van der Waals surface area contributed by atoms with Crippen molar-refractivity contribution in [3.05, 3.63) is 42.1 Å². The molecule has 1 N–H and O–H groups in total. The second-order valence-electron chi connectivity index (χ2n) is 4.04. The van der Waals surface area contributed by atoms with Gasteiger partial charge in [-0.15, -0.1) is 0 Å². The van der Waals surface area contributed by atoms with Crippen LogP contribution >= 0.6 is 0 Å². The summed E-state index contributed by atoms with van der Waals surface area (Å²) >= 11 is 0. The molecule has 2 heteroatoms. The van der Waals surface area contributed by atoms with Crippen LogP contribution in [0.4, 0.5) is 0 Å². The number of nitrogens with one attached hydrogen (secondary N) is 1. The van der Waals surface area contributed by atoms with Crippen LogP contribution < -0.4 is 4.74 Å². The summed E-state index contributed by atoms with van der Waals surface area (Å²) in [5.74, 6) is 0.932. The normalized spacial score (nSPS) is 11.1. The second kappa shape index (κ2) is 3.27. The Morgan fingerprint density at radius 3 is 2.56 bits per heavy atom. The minimum Gasteiger partial charge on any atom is -0.496 e. The van der Waals surface area contributed by atoms with Gasteiger partial charge in [0.15, 0.2) is 0 Å². The fourth-order valence-electron chi connectivity index (χ4n) is 2.25. The maximum Gasteiger partial charge on any atom is 0.127 e. The average molecular weight is 211 g/mol. The first-order chi connectivity index (χ1) is 7.79. The Labute approximate surface area is 93.8 Å². The van der Waals surface area contributed by atoms with Gasteiger partial charge in [-0.2, -0.15) is 0 Å². The number of aromatic amines is 1. The van der Waals surface area contributed by atoms with Crippen LogP contribution in [0.1, 0.15) is 5.69 Å². The van der Waals surface area contributed by atoms with Gasteiger partial charge >= 0.3 is 0 Å². The molecule has 1 heterocycles. The lowest BCUT2D eigenvalue weighted by Crippen LogP contribution is -1.85. The molecule has 2 nitrogen and oxygen atoms in total. The number of aromatic nitrogens is 1. The van der Waals surface area contributed by atoms with Crippen molar-refractivity contribution >= 4 is 21.7 Å². The van der Waals surface area contributed by atoms with Crippen LogP contribution in [0.5, 0.6) is 5.75 Å². The zero-order chi connectivity index (χ0) is 11.1. The summed E-state index contributed by atoms with van der Waals surface area (Å²) in [5, 5.41) is 3.57. The SMILES string of the molecule is COc1cc2cc(C)[nH]c2c2ccccc12. The topological polar surface area (TPSA) is 25.0 Å². The van der Waals surface area contributed by atoms with E-state index in [-0.39, 0.29) is 0 Å². The Morgan fingerprint density at radius 1 is 1.06 bits per heavy atom. The summed E-state index contributed by atoms with van der Waals surface area (Å²) < 4.78 is 5.43. The van der Waals surface area contributed by atoms with Crippen molar-refractivity contribution in [3.63, 3.8) is 0 Å². The third-order valence-electron chi connectivity index (χ3n) is 2.95. The number of rotatable bonds is 1. The Balaban J connectivity index is 2.56. The molecule has 0 spiro atoms. The third kappa shape index (κ3) is 1.20. The molecule has 0 saturated heterocycles. The van der Waals surface area contributed by atoms with Crippen molar-refractivity contribution in [2.75, 3.05) is 7.11 Å². The summed E-state index contributed by atoms with van der Waals surface area (Å²) in [6.45, 7) is 2.07. The van der Waals surface area contributed by atoms with Crippen molar-refractivity contribution in [1.29, 1.82) is 0 Å². The van der Waals surface area contributed by atoms with Gasteiger partial charge in [-0.05, 0) is 19.1 Å². The minimum atomic E-state index is 0.932. The van der Waals surface area contributed by atoms with Gasteiger partial charge in [-0.3, -0.25) is 0 Å². The van der Waals surface area contributed by atoms with Crippen LogP contribution in [0.25, 0.3) is 21.7 Å². The van der Waals surface area contributed by atoms with E-state index in [0.717, 1.165) is 11.1 Å². The van der Waals surface area contributed by atoms with Crippen LogP contribution in [0.3, 0.4) is 0 Å². The molecule has 2 aromatic carbocycles. The van der Waals surface area contributed by atoms with E-state index < -0.39 is 0 Å². The predicted molar refractivity (Wildman–Crippen MR) is 67.1 cm³/mol. The van der Waals surface area contributed by atoms with Gasteiger partial charge in [-0.1, -0.05) is 24.3 Å². The molecular weight excluding hydrogens is 198 g/mol. The Morgan fingerprint density at radius 2 is 1.81 bits per heavy atom. The van der Waals surface area contributed by atoms with Crippen LogP contribution in [-0.2, 0) is 0 Å². The second-order valence-corrected chi connectivity index (χ2v) is 4.04. The lowest BCUT2D eigenvalue weighted by Gasteiger charge is -2.06. The number of benzene rings is 2. The molecule has 80 valence electrons. The lowest BCUT2D eigenvalue weighted by atomic mass is 10.1. The monoisotopic (exact) mass is 211 g/mol. The minimum absolute atomic E-state index is 0.932. The quantitative estimate of drug-likeness (QED) is 0.653. The molecule has 1 aromatic heterocycles. The summed E-state index contributed by atoms with van der Waals surface area (Å²) in [7, 11) is 1.72. The molecule has 0 saturated carbocycles. The lowest BCUT2D eigenvalue weighted by molar-refractivity contribution is 0.420. The average Bonchev–Trinajstić information content (AvgIpc) is 2.68. The first-order valence-electron chi connectivity index (χ1n) is 5.34. The molecule has 0 atom stereocenters. The number of aryl methyl sites for hydroxylation is 1. The standard InChI is InChI=1S/C14H13NO/c1-9-7-10-8-13(16-2)11-5-3-4-6-12(11)14(10)15-9/h3-8,15H,1-2H3. The van der Waals surface area contributed by atoms with E-state index in [1.54, 1.807) is 7.11 Å². The summed E-state index contributed by atoms with van der Waals surface area (Å²) in [5.41, 5.74) is 2.36. The summed E-state index contributed by atoms with van der Waals surface area (Å²) in [6, 6.07) is 12.5. The highest BCUT2D eigenvalue weighted by atomic mass is 16.5. The van der Waals surface area contributed by atoms with Gasteiger partial charge < -0.3 is 9.72 Å². The van der Waals surface area contributed by atoms with Crippen LogP contribution in [0.15, 0.2) is 36.4 Å². The number of H-pyrrole nitrogens is 1. The van der Waals surface area contributed by atoms with Crippen molar-refractivity contribution in [2.24, 2.45) is 0 Å². The summed E-state index contributed by atoms with van der Waals surface area (Å²) in [4.78, 5) is 3.40. The van der Waals surface area contributed by atoms with Gasteiger partial charge in [0.25, 0.3) is 0 Å². The molecule has 16 heavy (non-hydrogen) atoms. The molecule has 3 rings (SSSR count). The zero-order valence-corrected chi connectivity index (χ0v) is 9.37. The molecule has 0 aliphatic rings. The molecule has 0 aliphatic carbocycles. The molecule has 0 amide bonds. The van der Waals surface area contributed by atoms with Crippen molar-refractivity contribution in [1.82, 2.24) is 4.98 Å². The fourth-order valence-corrected chi connectivity index (χ4v) is 2.25.